The third kappa shape index (κ3) is 1.80. The van der Waals surface area contributed by atoms with Gasteiger partial charge < -0.3 is 9.84 Å². The molecule has 3 nitrogen and oxygen atoms in total. The van der Waals surface area contributed by atoms with Crippen molar-refractivity contribution in [3.05, 3.63) is 11.6 Å². The average molecular weight is 156 g/mol. The quantitative estimate of drug-likeness (QED) is 0.608. The maximum absolute atomic E-state index is 10.4. The first-order chi connectivity index (χ1) is 5.03. The molecule has 0 atom stereocenters. The van der Waals surface area contributed by atoms with Gasteiger partial charge in [-0.05, 0) is 6.92 Å². The van der Waals surface area contributed by atoms with Gasteiger partial charge in [0.05, 0.1) is 13.2 Å². The summed E-state index contributed by atoms with van der Waals surface area (Å²) in [6.07, 6.45) is 1.76. The molecule has 1 aliphatic rings. The Labute approximate surface area is 65.7 Å². The molecule has 0 unspecified atom stereocenters. The number of ether oxygens (including phenoxy) is 1. The van der Waals surface area contributed by atoms with Crippen LogP contribution in [0.15, 0.2) is 11.6 Å². The Morgan fingerprint density at radius 3 is 2.45 bits per heavy atom. The molecule has 11 heavy (non-hydrogen) atoms. The topological polar surface area (TPSA) is 46.5 Å². The summed E-state index contributed by atoms with van der Waals surface area (Å²) < 4.78 is 4.98. The summed E-state index contributed by atoms with van der Waals surface area (Å²) in [6, 6.07) is 0. The lowest BCUT2D eigenvalue weighted by molar-refractivity contribution is -0.132. The van der Waals surface area contributed by atoms with Crippen LogP contribution in [-0.2, 0) is 9.53 Å². The molecule has 1 fully saturated rings. The number of carboxylic acids is 1. The molecule has 0 bridgehead atoms. The standard InChI is InChI=1S/C8H12O3/c1-6(7(9)10)3-8(2)4-11-5-8/h3H,4-5H2,1-2H3,(H,9,10). The Morgan fingerprint density at radius 1 is 1.64 bits per heavy atom. The molecule has 0 saturated carbocycles. The van der Waals surface area contributed by atoms with E-state index in [1.54, 1.807) is 13.0 Å². The van der Waals surface area contributed by atoms with Gasteiger partial charge in [0.25, 0.3) is 0 Å². The first kappa shape index (κ1) is 8.27. The van der Waals surface area contributed by atoms with Gasteiger partial charge in [-0.25, -0.2) is 4.79 Å². The summed E-state index contributed by atoms with van der Waals surface area (Å²) in [6.45, 7) is 4.87. The molecule has 0 aromatic rings. The number of aliphatic carboxylic acids is 1. The number of carbonyl (C=O) groups is 1. The van der Waals surface area contributed by atoms with Crippen LogP contribution in [-0.4, -0.2) is 24.3 Å². The van der Waals surface area contributed by atoms with E-state index < -0.39 is 5.97 Å². The third-order valence-corrected chi connectivity index (χ3v) is 1.77. The van der Waals surface area contributed by atoms with Gasteiger partial charge in [-0.3, -0.25) is 0 Å². The Balaban J connectivity index is 2.63. The molecule has 1 aliphatic heterocycles. The van der Waals surface area contributed by atoms with Gasteiger partial charge >= 0.3 is 5.97 Å². The molecule has 0 aromatic carbocycles. The van der Waals surface area contributed by atoms with Gasteiger partial charge in [-0.2, -0.15) is 0 Å². The molecule has 0 spiro atoms. The van der Waals surface area contributed by atoms with Gasteiger partial charge in [0, 0.05) is 11.0 Å². The maximum Gasteiger partial charge on any atom is 0.330 e. The zero-order valence-electron chi connectivity index (χ0n) is 6.76. The molecule has 1 N–H and O–H groups in total. The molecule has 1 saturated heterocycles. The van der Waals surface area contributed by atoms with Crippen molar-refractivity contribution in [1.29, 1.82) is 0 Å². The predicted octanol–water partition coefficient (Wildman–Crippen LogP) is 1.05. The SMILES string of the molecule is CC(=CC1(C)COC1)C(=O)O. The smallest absolute Gasteiger partial charge is 0.330 e. The van der Waals surface area contributed by atoms with Gasteiger partial charge in [0.15, 0.2) is 0 Å². The average Bonchev–Trinajstić information content (AvgIpc) is 1.84. The van der Waals surface area contributed by atoms with Crippen LogP contribution >= 0.6 is 0 Å². The monoisotopic (exact) mass is 156 g/mol. The van der Waals surface area contributed by atoms with E-state index in [9.17, 15) is 4.79 Å². The van der Waals surface area contributed by atoms with Gasteiger partial charge in [-0.15, -0.1) is 0 Å². The van der Waals surface area contributed by atoms with Gasteiger partial charge in [0.1, 0.15) is 0 Å². The third-order valence-electron chi connectivity index (χ3n) is 1.77. The second-order valence-corrected chi connectivity index (χ2v) is 3.28. The minimum atomic E-state index is -0.849. The second-order valence-electron chi connectivity index (χ2n) is 3.28. The van der Waals surface area contributed by atoms with E-state index in [-0.39, 0.29) is 5.41 Å². The van der Waals surface area contributed by atoms with Crippen molar-refractivity contribution in [2.75, 3.05) is 13.2 Å². The summed E-state index contributed by atoms with van der Waals surface area (Å²) in [5.41, 5.74) is 0.360. The maximum atomic E-state index is 10.4. The lowest BCUT2D eigenvalue weighted by atomic mass is 9.87. The van der Waals surface area contributed by atoms with Crippen molar-refractivity contribution >= 4 is 5.97 Å². The van der Waals surface area contributed by atoms with E-state index in [2.05, 4.69) is 0 Å². The zero-order chi connectivity index (χ0) is 8.48. The Hall–Kier alpha value is -0.830. The van der Waals surface area contributed by atoms with Crippen LogP contribution in [0.1, 0.15) is 13.8 Å². The fraction of sp³-hybridized carbons (Fsp3) is 0.625. The van der Waals surface area contributed by atoms with Gasteiger partial charge in [0.2, 0.25) is 0 Å². The van der Waals surface area contributed by atoms with Crippen LogP contribution in [0.25, 0.3) is 0 Å². The summed E-state index contributed by atoms with van der Waals surface area (Å²) in [4.78, 5) is 10.4. The lowest BCUT2D eigenvalue weighted by Gasteiger charge is -2.35. The van der Waals surface area contributed by atoms with Crippen LogP contribution in [0.3, 0.4) is 0 Å². The molecule has 1 rings (SSSR count). The number of hydrogen-bond donors (Lipinski definition) is 1. The molecule has 0 amide bonds. The van der Waals surface area contributed by atoms with Crippen molar-refractivity contribution < 1.29 is 14.6 Å². The first-order valence-electron chi connectivity index (χ1n) is 3.54. The van der Waals surface area contributed by atoms with Crippen molar-refractivity contribution in [3.8, 4) is 0 Å². The number of rotatable bonds is 2. The van der Waals surface area contributed by atoms with Gasteiger partial charge in [-0.1, -0.05) is 13.0 Å². The molecule has 1 heterocycles. The van der Waals surface area contributed by atoms with E-state index in [0.29, 0.717) is 18.8 Å². The molecule has 0 aromatic heterocycles. The van der Waals surface area contributed by atoms with Crippen molar-refractivity contribution in [2.45, 2.75) is 13.8 Å². The highest BCUT2D eigenvalue weighted by Gasteiger charge is 2.31. The molecule has 0 radical (unpaired) electrons. The van der Waals surface area contributed by atoms with Crippen LogP contribution in [0.5, 0.6) is 0 Å². The summed E-state index contributed by atoms with van der Waals surface area (Å²) in [5.74, 6) is -0.849. The summed E-state index contributed by atoms with van der Waals surface area (Å²) >= 11 is 0. The van der Waals surface area contributed by atoms with E-state index in [1.165, 1.54) is 0 Å². The van der Waals surface area contributed by atoms with Crippen LogP contribution in [0.2, 0.25) is 0 Å². The highest BCUT2D eigenvalue weighted by Crippen LogP contribution is 2.29. The predicted molar refractivity (Wildman–Crippen MR) is 40.3 cm³/mol. The van der Waals surface area contributed by atoms with Crippen LogP contribution < -0.4 is 0 Å². The highest BCUT2D eigenvalue weighted by molar-refractivity contribution is 5.85. The molecule has 3 heteroatoms. The highest BCUT2D eigenvalue weighted by atomic mass is 16.5. The number of hydrogen-bond acceptors (Lipinski definition) is 2. The summed E-state index contributed by atoms with van der Waals surface area (Å²) in [5, 5.41) is 8.56. The Bertz CT molecular complexity index is 201. The van der Waals surface area contributed by atoms with Crippen molar-refractivity contribution in [3.63, 3.8) is 0 Å². The zero-order valence-corrected chi connectivity index (χ0v) is 6.76. The second kappa shape index (κ2) is 2.66. The molecular weight excluding hydrogens is 144 g/mol. The normalized spacial score (nSPS) is 22.5. The molecular formula is C8H12O3. The largest absolute Gasteiger partial charge is 0.478 e. The summed E-state index contributed by atoms with van der Waals surface area (Å²) in [7, 11) is 0. The fourth-order valence-electron chi connectivity index (χ4n) is 1.09. The van der Waals surface area contributed by atoms with E-state index in [0.717, 1.165) is 0 Å². The lowest BCUT2D eigenvalue weighted by Crippen LogP contribution is -2.38. The van der Waals surface area contributed by atoms with Crippen molar-refractivity contribution in [1.82, 2.24) is 0 Å². The Kier molecular flexibility index (Phi) is 2.00. The molecule has 62 valence electrons. The van der Waals surface area contributed by atoms with Crippen LogP contribution in [0.4, 0.5) is 0 Å². The minimum absolute atomic E-state index is 0.0392. The minimum Gasteiger partial charge on any atom is -0.478 e. The van der Waals surface area contributed by atoms with Crippen LogP contribution in [0, 0.1) is 5.41 Å². The van der Waals surface area contributed by atoms with Crippen molar-refractivity contribution in [2.24, 2.45) is 5.41 Å². The first-order valence-corrected chi connectivity index (χ1v) is 3.54. The van der Waals surface area contributed by atoms with E-state index >= 15 is 0 Å². The number of carboxylic acid groups (broad SMARTS) is 1. The fourth-order valence-corrected chi connectivity index (χ4v) is 1.09. The Morgan fingerprint density at radius 2 is 2.18 bits per heavy atom. The van der Waals surface area contributed by atoms with E-state index in [1.807, 2.05) is 6.92 Å². The van der Waals surface area contributed by atoms with E-state index in [4.69, 9.17) is 9.84 Å². The molecule has 0 aliphatic carbocycles.